The highest BCUT2D eigenvalue weighted by molar-refractivity contribution is 7.89. The Labute approximate surface area is 111 Å². The molecule has 0 heterocycles. The number of nitrogens with zero attached hydrogens (tertiary/aromatic N) is 1. The number of nitriles is 1. The summed E-state index contributed by atoms with van der Waals surface area (Å²) in [5, 5.41) is 17.2. The van der Waals surface area contributed by atoms with Gasteiger partial charge in [-0.15, -0.1) is 0 Å². The van der Waals surface area contributed by atoms with E-state index in [1.807, 2.05) is 6.07 Å². The minimum absolute atomic E-state index is 0.0479. The van der Waals surface area contributed by atoms with E-state index in [-0.39, 0.29) is 17.9 Å². The number of sulfonamides is 1. The molecule has 1 aromatic carbocycles. The normalized spacial score (nSPS) is 12.6. The third-order valence-electron chi connectivity index (χ3n) is 2.52. The number of carboxylic acids is 1. The molecule has 0 aromatic heterocycles. The van der Waals surface area contributed by atoms with Gasteiger partial charge in [-0.3, -0.25) is 4.79 Å². The molecule has 0 saturated carbocycles. The smallest absolute Gasteiger partial charge is 0.307 e. The molecule has 1 unspecified atom stereocenters. The fraction of sp³-hybridized carbons (Fsp3) is 0.333. The van der Waals surface area contributed by atoms with Gasteiger partial charge in [0.15, 0.2) is 0 Å². The molecule has 19 heavy (non-hydrogen) atoms. The van der Waals surface area contributed by atoms with E-state index in [2.05, 4.69) is 4.72 Å². The molecule has 0 fully saturated rings. The number of nitrogens with one attached hydrogen (secondary N) is 1. The van der Waals surface area contributed by atoms with Crippen LogP contribution in [-0.2, 0) is 21.2 Å². The summed E-state index contributed by atoms with van der Waals surface area (Å²) in [6.07, 6.45) is 0.212. The summed E-state index contributed by atoms with van der Waals surface area (Å²) < 4.78 is 26.0. The number of carboxylic acid groups (broad SMARTS) is 1. The van der Waals surface area contributed by atoms with E-state index in [1.165, 1.54) is 19.1 Å². The first-order valence-electron chi connectivity index (χ1n) is 5.55. The van der Waals surface area contributed by atoms with E-state index in [1.54, 1.807) is 12.1 Å². The first kappa shape index (κ1) is 15.1. The zero-order valence-corrected chi connectivity index (χ0v) is 11.1. The number of rotatable bonds is 6. The average Bonchev–Trinajstić information content (AvgIpc) is 2.37. The van der Waals surface area contributed by atoms with Gasteiger partial charge >= 0.3 is 5.97 Å². The van der Waals surface area contributed by atoms with Gasteiger partial charge in [-0.2, -0.15) is 5.26 Å². The maximum absolute atomic E-state index is 11.9. The lowest BCUT2D eigenvalue weighted by molar-refractivity contribution is -0.140. The second-order valence-electron chi connectivity index (χ2n) is 4.07. The molecule has 102 valence electrons. The van der Waals surface area contributed by atoms with Crippen molar-refractivity contribution in [2.45, 2.75) is 18.2 Å². The van der Waals surface area contributed by atoms with Crippen molar-refractivity contribution in [3.05, 3.63) is 29.8 Å². The van der Waals surface area contributed by atoms with Gasteiger partial charge in [-0.1, -0.05) is 19.1 Å². The fourth-order valence-electron chi connectivity index (χ4n) is 1.28. The average molecular weight is 282 g/mol. The molecule has 1 rings (SSSR count). The molecule has 7 heteroatoms. The summed E-state index contributed by atoms with van der Waals surface area (Å²) in [7, 11) is -3.72. The van der Waals surface area contributed by atoms with Crippen LogP contribution in [0.2, 0.25) is 0 Å². The van der Waals surface area contributed by atoms with Crippen LogP contribution in [-0.4, -0.2) is 26.0 Å². The molecule has 0 saturated heterocycles. The molecule has 0 aliphatic carbocycles. The quantitative estimate of drug-likeness (QED) is 0.800. The third kappa shape index (κ3) is 4.35. The van der Waals surface area contributed by atoms with E-state index in [0.717, 1.165) is 5.56 Å². The lowest BCUT2D eigenvalue weighted by Gasteiger charge is -2.09. The first-order valence-corrected chi connectivity index (χ1v) is 7.03. The Balaban J connectivity index is 2.78. The predicted molar refractivity (Wildman–Crippen MR) is 67.7 cm³/mol. The van der Waals surface area contributed by atoms with Crippen LogP contribution in [0.25, 0.3) is 0 Å². The molecule has 0 spiro atoms. The van der Waals surface area contributed by atoms with Crippen molar-refractivity contribution in [3.63, 3.8) is 0 Å². The molecule has 2 N–H and O–H groups in total. The second kappa shape index (κ2) is 6.31. The SMILES string of the molecule is CC(CNS(=O)(=O)c1ccc(CC#N)cc1)C(=O)O. The standard InChI is InChI=1S/C12H14N2O4S/c1-9(12(15)16)8-14-19(17,18)11-4-2-10(3-5-11)6-7-13/h2-5,9,14H,6,8H2,1H3,(H,15,16). The third-order valence-corrected chi connectivity index (χ3v) is 3.96. The van der Waals surface area contributed by atoms with Crippen molar-refractivity contribution in [3.8, 4) is 6.07 Å². The topological polar surface area (TPSA) is 107 Å². The van der Waals surface area contributed by atoms with Crippen molar-refractivity contribution < 1.29 is 18.3 Å². The van der Waals surface area contributed by atoms with Gasteiger partial charge in [0.25, 0.3) is 0 Å². The van der Waals surface area contributed by atoms with Crippen LogP contribution < -0.4 is 4.72 Å². The first-order chi connectivity index (χ1) is 8.86. The predicted octanol–water partition coefficient (Wildman–Crippen LogP) is 0.752. The number of aliphatic carboxylic acids is 1. The zero-order chi connectivity index (χ0) is 14.5. The van der Waals surface area contributed by atoms with Crippen LogP contribution >= 0.6 is 0 Å². The summed E-state index contributed by atoms with van der Waals surface area (Å²) >= 11 is 0. The van der Waals surface area contributed by atoms with Crippen molar-refractivity contribution in [2.75, 3.05) is 6.54 Å². The largest absolute Gasteiger partial charge is 0.481 e. The molecule has 0 aliphatic rings. The number of carbonyl (C=O) groups is 1. The highest BCUT2D eigenvalue weighted by atomic mass is 32.2. The molecule has 0 radical (unpaired) electrons. The highest BCUT2D eigenvalue weighted by Gasteiger charge is 2.17. The monoisotopic (exact) mass is 282 g/mol. The minimum atomic E-state index is -3.72. The van der Waals surface area contributed by atoms with Crippen LogP contribution in [0.1, 0.15) is 12.5 Å². The number of hydrogen-bond acceptors (Lipinski definition) is 4. The van der Waals surface area contributed by atoms with Crippen LogP contribution in [0.15, 0.2) is 29.2 Å². The van der Waals surface area contributed by atoms with Gasteiger partial charge in [0, 0.05) is 6.54 Å². The van der Waals surface area contributed by atoms with E-state index >= 15 is 0 Å². The summed E-state index contributed by atoms with van der Waals surface area (Å²) in [4.78, 5) is 10.7. The van der Waals surface area contributed by atoms with Crippen molar-refractivity contribution in [2.24, 2.45) is 5.92 Å². The van der Waals surface area contributed by atoms with Crippen LogP contribution in [0, 0.1) is 17.2 Å². The highest BCUT2D eigenvalue weighted by Crippen LogP contribution is 2.11. The Morgan fingerprint density at radius 1 is 1.42 bits per heavy atom. The van der Waals surface area contributed by atoms with Crippen LogP contribution in [0.4, 0.5) is 0 Å². The Bertz CT molecular complexity index is 587. The molecule has 6 nitrogen and oxygen atoms in total. The Kier molecular flexibility index (Phi) is 5.03. The van der Waals surface area contributed by atoms with Gasteiger partial charge in [-0.25, -0.2) is 13.1 Å². The maximum Gasteiger partial charge on any atom is 0.307 e. The molecule has 1 atom stereocenters. The van der Waals surface area contributed by atoms with Gasteiger partial charge in [0.05, 0.1) is 23.3 Å². The lowest BCUT2D eigenvalue weighted by Crippen LogP contribution is -2.31. The van der Waals surface area contributed by atoms with Crippen LogP contribution in [0.3, 0.4) is 0 Å². The minimum Gasteiger partial charge on any atom is -0.481 e. The maximum atomic E-state index is 11.9. The van der Waals surface area contributed by atoms with Gasteiger partial charge in [0.1, 0.15) is 0 Å². The van der Waals surface area contributed by atoms with Gasteiger partial charge < -0.3 is 5.11 Å². The summed E-state index contributed by atoms with van der Waals surface area (Å²) in [5.74, 6) is -1.86. The lowest BCUT2D eigenvalue weighted by atomic mass is 10.2. The molecule has 0 bridgehead atoms. The van der Waals surface area contributed by atoms with E-state index in [9.17, 15) is 13.2 Å². The van der Waals surface area contributed by atoms with Crippen molar-refractivity contribution in [1.29, 1.82) is 5.26 Å². The van der Waals surface area contributed by atoms with E-state index in [4.69, 9.17) is 10.4 Å². The van der Waals surface area contributed by atoms with Crippen molar-refractivity contribution in [1.82, 2.24) is 4.72 Å². The second-order valence-corrected chi connectivity index (χ2v) is 5.84. The Morgan fingerprint density at radius 3 is 2.47 bits per heavy atom. The molecule has 0 amide bonds. The Hall–Kier alpha value is -1.91. The van der Waals surface area contributed by atoms with Crippen molar-refractivity contribution >= 4 is 16.0 Å². The van der Waals surface area contributed by atoms with E-state index in [0.29, 0.717) is 0 Å². The fourth-order valence-corrected chi connectivity index (χ4v) is 2.41. The van der Waals surface area contributed by atoms with Gasteiger partial charge in [-0.05, 0) is 17.7 Å². The summed E-state index contributed by atoms with van der Waals surface area (Å²) in [5.41, 5.74) is 0.723. The molecule has 0 aliphatic heterocycles. The van der Waals surface area contributed by atoms with Gasteiger partial charge in [0.2, 0.25) is 10.0 Å². The number of hydrogen-bond donors (Lipinski definition) is 2. The summed E-state index contributed by atoms with van der Waals surface area (Å²) in [6, 6.07) is 7.85. The molecule has 1 aromatic rings. The summed E-state index contributed by atoms with van der Waals surface area (Å²) in [6.45, 7) is 1.25. The Morgan fingerprint density at radius 2 is 2.00 bits per heavy atom. The number of benzene rings is 1. The van der Waals surface area contributed by atoms with E-state index < -0.39 is 21.9 Å². The molecular formula is C12H14N2O4S. The zero-order valence-electron chi connectivity index (χ0n) is 10.3. The molecular weight excluding hydrogens is 268 g/mol. The van der Waals surface area contributed by atoms with Crippen LogP contribution in [0.5, 0.6) is 0 Å².